The van der Waals surface area contributed by atoms with Crippen molar-refractivity contribution in [2.75, 3.05) is 12.3 Å². The monoisotopic (exact) mass is 231 g/mol. The summed E-state index contributed by atoms with van der Waals surface area (Å²) < 4.78 is 5.41. The summed E-state index contributed by atoms with van der Waals surface area (Å²) >= 11 is 0. The van der Waals surface area contributed by atoms with Crippen molar-refractivity contribution < 1.29 is 9.53 Å². The molecule has 0 radical (unpaired) electrons. The summed E-state index contributed by atoms with van der Waals surface area (Å²) in [5.41, 5.74) is 7.08. The largest absolute Gasteiger partial charge is 0.465 e. The van der Waals surface area contributed by atoms with Gasteiger partial charge in [0, 0.05) is 5.69 Å². The number of esters is 1. The molecule has 0 aromatic heterocycles. The third-order valence-electron chi connectivity index (χ3n) is 3.75. The van der Waals surface area contributed by atoms with Crippen LogP contribution in [0.1, 0.15) is 31.2 Å². The minimum Gasteiger partial charge on any atom is -0.465 e. The number of hydrogen-bond donors (Lipinski definition) is 1. The van der Waals surface area contributed by atoms with Crippen LogP contribution in [0.3, 0.4) is 0 Å². The Morgan fingerprint density at radius 3 is 2.47 bits per heavy atom. The number of carbonyl (C=O) groups excluding carboxylic acids is 1. The Morgan fingerprint density at radius 1 is 1.29 bits per heavy atom. The zero-order chi connectivity index (χ0) is 11.9. The molecule has 2 fully saturated rings. The first-order valence-corrected chi connectivity index (χ1v) is 6.24. The third kappa shape index (κ3) is 2.02. The molecule has 0 heterocycles. The first kappa shape index (κ1) is 10.6. The molecule has 1 aromatic carbocycles. The topological polar surface area (TPSA) is 52.3 Å². The molecule has 2 N–H and O–H groups in total. The second-order valence-electron chi connectivity index (χ2n) is 5.25. The molecular weight excluding hydrogens is 214 g/mol. The summed E-state index contributed by atoms with van der Waals surface area (Å²) in [6, 6.07) is 7.59. The van der Waals surface area contributed by atoms with Crippen LogP contribution in [0.5, 0.6) is 0 Å². The zero-order valence-electron chi connectivity index (χ0n) is 9.82. The maximum absolute atomic E-state index is 12.1. The summed E-state index contributed by atoms with van der Waals surface area (Å²) in [5, 5.41) is 0. The molecule has 0 amide bonds. The number of benzene rings is 1. The van der Waals surface area contributed by atoms with E-state index >= 15 is 0 Å². The molecule has 3 rings (SSSR count). The molecule has 2 aliphatic carbocycles. The van der Waals surface area contributed by atoms with Crippen LogP contribution in [0.15, 0.2) is 24.3 Å². The molecular formula is C14H17NO2. The van der Waals surface area contributed by atoms with Gasteiger partial charge in [-0.15, -0.1) is 0 Å². The highest BCUT2D eigenvalue weighted by molar-refractivity contribution is 5.86. The van der Waals surface area contributed by atoms with Crippen LogP contribution >= 0.6 is 0 Å². The Bertz CT molecular complexity index is 430. The van der Waals surface area contributed by atoms with Gasteiger partial charge in [0.15, 0.2) is 0 Å². The Labute approximate surface area is 101 Å². The van der Waals surface area contributed by atoms with E-state index in [2.05, 4.69) is 0 Å². The highest BCUT2D eigenvalue weighted by Gasteiger charge is 2.52. The van der Waals surface area contributed by atoms with Crippen molar-refractivity contribution in [3.63, 3.8) is 0 Å². The molecule has 0 bridgehead atoms. The standard InChI is InChI=1S/C14H17NO2/c15-12-5-3-11(4-6-12)14(7-8-14)13(16)17-9-10-1-2-10/h3-6,10H,1-2,7-9,15H2. The highest BCUT2D eigenvalue weighted by atomic mass is 16.5. The van der Waals surface area contributed by atoms with E-state index in [9.17, 15) is 4.79 Å². The van der Waals surface area contributed by atoms with Crippen molar-refractivity contribution in [3.8, 4) is 0 Å². The summed E-state index contributed by atoms with van der Waals surface area (Å²) in [7, 11) is 0. The van der Waals surface area contributed by atoms with Gasteiger partial charge in [-0.2, -0.15) is 0 Å². The highest BCUT2D eigenvalue weighted by Crippen LogP contribution is 2.49. The van der Waals surface area contributed by atoms with Gasteiger partial charge in [-0.1, -0.05) is 12.1 Å². The molecule has 17 heavy (non-hydrogen) atoms. The lowest BCUT2D eigenvalue weighted by Gasteiger charge is -2.14. The maximum atomic E-state index is 12.1. The van der Waals surface area contributed by atoms with E-state index in [-0.39, 0.29) is 11.4 Å². The second kappa shape index (κ2) is 3.76. The molecule has 90 valence electrons. The average molecular weight is 231 g/mol. The van der Waals surface area contributed by atoms with E-state index in [0.717, 1.165) is 24.1 Å². The molecule has 3 heteroatoms. The molecule has 1 aromatic rings. The number of rotatable bonds is 4. The first-order valence-electron chi connectivity index (χ1n) is 6.24. The van der Waals surface area contributed by atoms with Gasteiger partial charge < -0.3 is 10.5 Å². The Hall–Kier alpha value is -1.51. The smallest absolute Gasteiger partial charge is 0.316 e. The predicted octanol–water partition coefficient (Wildman–Crippen LogP) is 2.25. The minimum absolute atomic E-state index is 0.0471. The van der Waals surface area contributed by atoms with Gasteiger partial charge in [0.05, 0.1) is 12.0 Å². The van der Waals surface area contributed by atoms with Crippen LogP contribution in [-0.4, -0.2) is 12.6 Å². The molecule has 0 unspecified atom stereocenters. The number of nitrogens with two attached hydrogens (primary N) is 1. The second-order valence-corrected chi connectivity index (χ2v) is 5.25. The Balaban J connectivity index is 1.71. The number of carbonyl (C=O) groups is 1. The van der Waals surface area contributed by atoms with E-state index in [1.807, 2.05) is 24.3 Å². The molecule has 3 nitrogen and oxygen atoms in total. The fraction of sp³-hybridized carbons (Fsp3) is 0.500. The van der Waals surface area contributed by atoms with Crippen molar-refractivity contribution in [2.24, 2.45) is 5.92 Å². The van der Waals surface area contributed by atoms with E-state index in [4.69, 9.17) is 10.5 Å². The van der Waals surface area contributed by atoms with E-state index in [1.165, 1.54) is 12.8 Å². The normalized spacial score (nSPS) is 20.9. The zero-order valence-corrected chi connectivity index (χ0v) is 9.82. The first-order chi connectivity index (χ1) is 8.21. The van der Waals surface area contributed by atoms with Crippen molar-refractivity contribution in [2.45, 2.75) is 31.1 Å². The van der Waals surface area contributed by atoms with Gasteiger partial charge in [-0.25, -0.2) is 0 Å². The van der Waals surface area contributed by atoms with Gasteiger partial charge in [-0.05, 0) is 49.3 Å². The maximum Gasteiger partial charge on any atom is 0.316 e. The van der Waals surface area contributed by atoms with Crippen LogP contribution < -0.4 is 5.73 Å². The van der Waals surface area contributed by atoms with Crippen molar-refractivity contribution in [3.05, 3.63) is 29.8 Å². The van der Waals surface area contributed by atoms with Crippen LogP contribution in [0.4, 0.5) is 5.69 Å². The lowest BCUT2D eigenvalue weighted by atomic mass is 9.96. The van der Waals surface area contributed by atoms with Gasteiger partial charge in [0.25, 0.3) is 0 Å². The summed E-state index contributed by atoms with van der Waals surface area (Å²) in [5.74, 6) is 0.579. The lowest BCUT2D eigenvalue weighted by molar-refractivity contribution is -0.147. The number of ether oxygens (including phenoxy) is 1. The average Bonchev–Trinajstić information content (AvgIpc) is 3.20. The fourth-order valence-electron chi connectivity index (χ4n) is 2.15. The quantitative estimate of drug-likeness (QED) is 0.638. The van der Waals surface area contributed by atoms with Crippen molar-refractivity contribution >= 4 is 11.7 Å². The van der Waals surface area contributed by atoms with Gasteiger partial charge >= 0.3 is 5.97 Å². The van der Waals surface area contributed by atoms with Gasteiger partial charge in [0.1, 0.15) is 0 Å². The van der Waals surface area contributed by atoms with E-state index < -0.39 is 0 Å². The summed E-state index contributed by atoms with van der Waals surface area (Å²) in [6.45, 7) is 0.607. The molecule has 0 atom stereocenters. The van der Waals surface area contributed by atoms with Crippen LogP contribution in [0.25, 0.3) is 0 Å². The molecule has 2 saturated carbocycles. The lowest BCUT2D eigenvalue weighted by Crippen LogP contribution is -2.24. The van der Waals surface area contributed by atoms with E-state index in [0.29, 0.717) is 12.5 Å². The number of nitrogen functional groups attached to an aromatic ring is 1. The SMILES string of the molecule is Nc1ccc(C2(C(=O)OCC3CC3)CC2)cc1. The molecule has 0 spiro atoms. The summed E-state index contributed by atoms with van der Waals surface area (Å²) in [4.78, 5) is 12.1. The van der Waals surface area contributed by atoms with Crippen molar-refractivity contribution in [1.29, 1.82) is 0 Å². The predicted molar refractivity (Wildman–Crippen MR) is 65.4 cm³/mol. The fourth-order valence-corrected chi connectivity index (χ4v) is 2.15. The van der Waals surface area contributed by atoms with E-state index in [1.54, 1.807) is 0 Å². The van der Waals surface area contributed by atoms with Crippen LogP contribution in [-0.2, 0) is 14.9 Å². The van der Waals surface area contributed by atoms with Crippen LogP contribution in [0.2, 0.25) is 0 Å². The minimum atomic E-state index is -0.359. The number of hydrogen-bond acceptors (Lipinski definition) is 3. The molecule has 0 aliphatic heterocycles. The van der Waals surface area contributed by atoms with Gasteiger partial charge in [0.2, 0.25) is 0 Å². The molecule has 2 aliphatic rings. The Morgan fingerprint density at radius 2 is 1.94 bits per heavy atom. The number of anilines is 1. The summed E-state index contributed by atoms with van der Waals surface area (Å²) in [6.07, 6.45) is 4.23. The van der Waals surface area contributed by atoms with Gasteiger partial charge in [-0.3, -0.25) is 4.79 Å². The van der Waals surface area contributed by atoms with Crippen LogP contribution in [0, 0.1) is 5.92 Å². The third-order valence-corrected chi connectivity index (χ3v) is 3.75. The molecule has 0 saturated heterocycles. The van der Waals surface area contributed by atoms with Crippen molar-refractivity contribution in [1.82, 2.24) is 0 Å². The Kier molecular flexibility index (Phi) is 2.35.